The molecule has 0 aromatic carbocycles. The molecule has 0 aliphatic carbocycles. The van der Waals surface area contributed by atoms with Gasteiger partial charge >= 0.3 is 19.8 Å². The maximum atomic E-state index is 12.4. The normalized spacial score (nSPS) is 13.6. The first-order valence-electron chi connectivity index (χ1n) is 16.1. The number of phosphoric ester groups is 1. The number of hydrogen-bond donors (Lipinski definition) is 2. The molecule has 0 aromatic heterocycles. The summed E-state index contributed by atoms with van der Waals surface area (Å²) in [5.41, 5.74) is 5.30. The molecule has 0 saturated heterocycles. The number of carbonyl (C=O) groups is 2. The first kappa shape index (κ1) is 41.0. The molecule has 10 heteroatoms. The van der Waals surface area contributed by atoms with Crippen LogP contribution in [0.25, 0.3) is 0 Å². The molecule has 0 bridgehead atoms. The van der Waals surface area contributed by atoms with E-state index in [1.807, 2.05) is 12.2 Å². The summed E-state index contributed by atoms with van der Waals surface area (Å²) < 4.78 is 32.4. The van der Waals surface area contributed by atoms with Crippen molar-refractivity contribution in [2.75, 3.05) is 26.4 Å². The zero-order valence-electron chi connectivity index (χ0n) is 26.3. The fourth-order valence-electron chi connectivity index (χ4n) is 4.22. The van der Waals surface area contributed by atoms with E-state index in [-0.39, 0.29) is 32.6 Å². The number of ether oxygens (including phenoxy) is 2. The Morgan fingerprint density at radius 1 is 0.698 bits per heavy atom. The highest BCUT2D eigenvalue weighted by atomic mass is 31.2. The van der Waals surface area contributed by atoms with Crippen molar-refractivity contribution < 1.29 is 37.6 Å². The van der Waals surface area contributed by atoms with E-state index in [1.54, 1.807) is 12.2 Å². The molecule has 0 saturated carbocycles. The monoisotopic (exact) mass is 627 g/mol. The molecule has 1 unspecified atom stereocenters. The van der Waals surface area contributed by atoms with Gasteiger partial charge in [-0.25, -0.2) is 4.57 Å². The summed E-state index contributed by atoms with van der Waals surface area (Å²) in [6, 6.07) is 0. The Labute approximate surface area is 260 Å². The van der Waals surface area contributed by atoms with Crippen LogP contribution in [0.5, 0.6) is 0 Å². The van der Waals surface area contributed by atoms with Crippen LogP contribution in [0.2, 0.25) is 0 Å². The number of carbonyl (C=O) groups excluding carboxylic acids is 2. The van der Waals surface area contributed by atoms with Crippen LogP contribution in [0.1, 0.15) is 116 Å². The number of nitrogens with two attached hydrogens (primary N) is 1. The van der Waals surface area contributed by atoms with E-state index in [2.05, 4.69) is 25.3 Å². The van der Waals surface area contributed by atoms with Crippen LogP contribution in [0.4, 0.5) is 0 Å². The zero-order valence-corrected chi connectivity index (χ0v) is 27.2. The lowest BCUT2D eigenvalue weighted by Gasteiger charge is -2.19. The molecular weight excluding hydrogens is 569 g/mol. The average molecular weight is 628 g/mol. The summed E-state index contributed by atoms with van der Waals surface area (Å²) in [4.78, 5) is 34.5. The Bertz CT molecular complexity index is 830. The van der Waals surface area contributed by atoms with Crippen molar-refractivity contribution >= 4 is 19.8 Å². The van der Waals surface area contributed by atoms with Gasteiger partial charge in [-0.15, -0.1) is 0 Å². The number of phosphoric acid groups is 1. The third-order valence-electron chi connectivity index (χ3n) is 6.57. The minimum Gasteiger partial charge on any atom is -0.462 e. The van der Waals surface area contributed by atoms with E-state index >= 15 is 0 Å². The smallest absolute Gasteiger partial charge is 0.462 e. The number of allylic oxidation sites excluding steroid dienone is 6. The Hall–Kier alpha value is -2.03. The number of esters is 2. The van der Waals surface area contributed by atoms with E-state index < -0.39 is 32.5 Å². The van der Waals surface area contributed by atoms with Crippen LogP contribution in [0, 0.1) is 0 Å². The second-order valence-corrected chi connectivity index (χ2v) is 12.0. The molecule has 0 heterocycles. The zero-order chi connectivity index (χ0) is 31.9. The molecule has 0 aliphatic heterocycles. The molecule has 9 nitrogen and oxygen atoms in total. The summed E-state index contributed by atoms with van der Waals surface area (Å²) in [7, 11) is -4.37. The number of unbranched alkanes of at least 4 members (excludes halogenated alkanes) is 14. The maximum absolute atomic E-state index is 12.4. The Morgan fingerprint density at radius 2 is 1.16 bits per heavy atom. The first-order chi connectivity index (χ1) is 20.8. The molecule has 2 atom stereocenters. The van der Waals surface area contributed by atoms with Crippen LogP contribution in [0.15, 0.2) is 49.6 Å². The van der Waals surface area contributed by atoms with E-state index in [0.717, 1.165) is 57.8 Å². The number of hydrogen-bond acceptors (Lipinski definition) is 8. The second-order valence-electron chi connectivity index (χ2n) is 10.5. The number of rotatable bonds is 31. The highest BCUT2D eigenvalue weighted by molar-refractivity contribution is 7.47. The maximum Gasteiger partial charge on any atom is 0.472 e. The highest BCUT2D eigenvalue weighted by Crippen LogP contribution is 2.43. The molecule has 0 spiro atoms. The van der Waals surface area contributed by atoms with Crippen molar-refractivity contribution in [1.29, 1.82) is 0 Å². The topological polar surface area (TPSA) is 134 Å². The SMILES string of the molecule is C=C/C=C/CCCCCCCCCC(=O)OC[C@H](COP(=O)(O)OCCN)OC(=O)CCCCCCCCC/C=C/C=C. The lowest BCUT2D eigenvalue weighted by atomic mass is 10.1. The van der Waals surface area contributed by atoms with Crippen LogP contribution >= 0.6 is 7.82 Å². The molecule has 0 aromatic rings. The van der Waals surface area contributed by atoms with Crippen molar-refractivity contribution in [1.82, 2.24) is 0 Å². The van der Waals surface area contributed by atoms with Crippen LogP contribution < -0.4 is 5.73 Å². The Kier molecular flexibility index (Phi) is 28.6. The first-order valence-corrected chi connectivity index (χ1v) is 17.6. The van der Waals surface area contributed by atoms with Gasteiger partial charge in [0.1, 0.15) is 6.61 Å². The van der Waals surface area contributed by atoms with Gasteiger partial charge < -0.3 is 20.1 Å². The van der Waals surface area contributed by atoms with Gasteiger partial charge in [-0.3, -0.25) is 18.6 Å². The summed E-state index contributed by atoms with van der Waals surface area (Å²) in [5, 5.41) is 0. The molecule has 3 N–H and O–H groups in total. The highest BCUT2D eigenvalue weighted by Gasteiger charge is 2.25. The van der Waals surface area contributed by atoms with Crippen molar-refractivity contribution in [2.45, 2.75) is 122 Å². The molecule has 248 valence electrons. The minimum atomic E-state index is -4.37. The predicted octanol–water partition coefficient (Wildman–Crippen LogP) is 8.04. The van der Waals surface area contributed by atoms with Gasteiger partial charge in [0.2, 0.25) is 0 Å². The van der Waals surface area contributed by atoms with Gasteiger partial charge in [-0.2, -0.15) is 0 Å². The van der Waals surface area contributed by atoms with Crippen molar-refractivity contribution in [3.8, 4) is 0 Å². The van der Waals surface area contributed by atoms with E-state index in [0.29, 0.717) is 12.8 Å². The molecule has 0 amide bonds. The molecule has 0 fully saturated rings. The lowest BCUT2D eigenvalue weighted by Crippen LogP contribution is -2.29. The summed E-state index contributed by atoms with van der Waals surface area (Å²) in [5.74, 6) is -0.871. The summed E-state index contributed by atoms with van der Waals surface area (Å²) >= 11 is 0. The molecule has 0 rings (SSSR count). The summed E-state index contributed by atoms with van der Waals surface area (Å²) in [6.07, 6.45) is 28.0. The molecule has 43 heavy (non-hydrogen) atoms. The minimum absolute atomic E-state index is 0.0463. The second kappa shape index (κ2) is 30.0. The van der Waals surface area contributed by atoms with E-state index in [1.165, 1.54) is 32.1 Å². The molecular formula is C33H58NO8P. The van der Waals surface area contributed by atoms with Gasteiger partial charge in [-0.05, 0) is 38.5 Å². The summed E-state index contributed by atoms with van der Waals surface area (Å²) in [6.45, 7) is 6.50. The van der Waals surface area contributed by atoms with Gasteiger partial charge in [0.15, 0.2) is 6.10 Å². The predicted molar refractivity (Wildman–Crippen MR) is 173 cm³/mol. The van der Waals surface area contributed by atoms with Gasteiger partial charge in [0, 0.05) is 19.4 Å². The third kappa shape index (κ3) is 29.8. The quantitative estimate of drug-likeness (QED) is 0.0339. The van der Waals surface area contributed by atoms with Gasteiger partial charge in [0.25, 0.3) is 0 Å². The van der Waals surface area contributed by atoms with Crippen molar-refractivity contribution in [3.63, 3.8) is 0 Å². The standard InChI is InChI=1S/C33H58NO8P/c1-3-5-7-9-11-13-15-17-19-21-23-25-32(35)39-29-31(30-41-43(37,38)40-28-27-34)42-33(36)26-24-22-20-18-16-14-12-10-8-6-4-2/h3-8,31H,1-2,9-30,34H2,(H,37,38)/b7-5+,8-6+/t31-/m1/s1. The van der Waals surface area contributed by atoms with E-state index in [4.69, 9.17) is 24.3 Å². The van der Waals surface area contributed by atoms with Gasteiger partial charge in [-0.1, -0.05) is 114 Å². The lowest BCUT2D eigenvalue weighted by molar-refractivity contribution is -0.161. The fourth-order valence-corrected chi connectivity index (χ4v) is 4.98. The Balaban J connectivity index is 4.31. The van der Waals surface area contributed by atoms with Gasteiger partial charge in [0.05, 0.1) is 13.2 Å². The van der Waals surface area contributed by atoms with Crippen LogP contribution in [0.3, 0.4) is 0 Å². The average Bonchev–Trinajstić information content (AvgIpc) is 2.99. The van der Waals surface area contributed by atoms with Crippen LogP contribution in [-0.2, 0) is 32.7 Å². The van der Waals surface area contributed by atoms with Crippen molar-refractivity contribution in [3.05, 3.63) is 49.6 Å². The third-order valence-corrected chi connectivity index (χ3v) is 7.56. The van der Waals surface area contributed by atoms with Crippen LogP contribution in [-0.4, -0.2) is 49.3 Å². The fraction of sp³-hybridized carbons (Fsp3) is 0.697. The van der Waals surface area contributed by atoms with Crippen molar-refractivity contribution in [2.24, 2.45) is 5.73 Å². The largest absolute Gasteiger partial charge is 0.472 e. The Morgan fingerprint density at radius 3 is 1.65 bits per heavy atom. The molecule has 0 radical (unpaired) electrons. The van der Waals surface area contributed by atoms with E-state index in [9.17, 15) is 19.0 Å². The molecule has 0 aliphatic rings.